The van der Waals surface area contributed by atoms with Crippen molar-refractivity contribution in [3.63, 3.8) is 0 Å². The Morgan fingerprint density at radius 3 is 2.48 bits per heavy atom. The van der Waals surface area contributed by atoms with Crippen LogP contribution in [0, 0.1) is 0 Å². The zero-order valence-electron chi connectivity index (χ0n) is 13.4. The van der Waals surface area contributed by atoms with Gasteiger partial charge in [0, 0.05) is 0 Å². The van der Waals surface area contributed by atoms with Crippen molar-refractivity contribution in [2.75, 3.05) is 19.6 Å². The monoisotopic (exact) mass is 309 g/mol. The van der Waals surface area contributed by atoms with Gasteiger partial charge in [0.15, 0.2) is 9.84 Å². The van der Waals surface area contributed by atoms with E-state index in [2.05, 4.69) is 17.9 Å². The molecule has 1 fully saturated rings. The zero-order chi connectivity index (χ0) is 15.5. The van der Waals surface area contributed by atoms with Gasteiger partial charge in [0.1, 0.15) is 0 Å². The molecule has 0 bridgehead atoms. The van der Waals surface area contributed by atoms with E-state index in [-0.39, 0.29) is 5.25 Å². The number of piperidine rings is 1. The summed E-state index contributed by atoms with van der Waals surface area (Å²) in [5.74, 6) is 0.500. The Morgan fingerprint density at radius 1 is 1.24 bits per heavy atom. The van der Waals surface area contributed by atoms with Gasteiger partial charge >= 0.3 is 0 Å². The summed E-state index contributed by atoms with van der Waals surface area (Å²) in [5, 5.41) is -0.362. The highest BCUT2D eigenvalue weighted by molar-refractivity contribution is 7.92. The number of hydrogen-bond acceptors (Lipinski definition) is 3. The lowest BCUT2D eigenvalue weighted by molar-refractivity contribution is 0.212. The van der Waals surface area contributed by atoms with Crippen LogP contribution in [-0.4, -0.2) is 38.2 Å². The fourth-order valence-electron chi connectivity index (χ4n) is 3.02. The first kappa shape index (κ1) is 16.5. The number of benzene rings is 1. The molecule has 1 aromatic rings. The Morgan fingerprint density at radius 2 is 1.90 bits per heavy atom. The van der Waals surface area contributed by atoms with Crippen LogP contribution in [0.15, 0.2) is 29.2 Å². The van der Waals surface area contributed by atoms with Gasteiger partial charge in [0.05, 0.1) is 10.1 Å². The Kier molecular flexibility index (Phi) is 5.44. The maximum atomic E-state index is 12.3. The van der Waals surface area contributed by atoms with Crippen LogP contribution >= 0.6 is 0 Å². The molecule has 1 aliphatic heterocycles. The molecule has 2 rings (SSSR count). The summed E-state index contributed by atoms with van der Waals surface area (Å²) in [4.78, 5) is 2.98. The molecule has 0 amide bonds. The first-order valence-electron chi connectivity index (χ1n) is 8.01. The van der Waals surface area contributed by atoms with E-state index in [4.69, 9.17) is 0 Å². The third-order valence-corrected chi connectivity index (χ3v) is 6.56. The van der Waals surface area contributed by atoms with Crippen molar-refractivity contribution in [3.8, 4) is 0 Å². The maximum Gasteiger partial charge on any atom is 0.180 e. The highest BCUT2D eigenvalue weighted by Gasteiger charge is 2.23. The van der Waals surface area contributed by atoms with Gasteiger partial charge in [-0.3, -0.25) is 0 Å². The molecule has 0 aromatic heterocycles. The van der Waals surface area contributed by atoms with E-state index in [0.717, 1.165) is 25.9 Å². The number of hydrogen-bond donors (Lipinski definition) is 0. The van der Waals surface area contributed by atoms with E-state index in [0.29, 0.717) is 10.8 Å². The second-order valence-electron chi connectivity index (χ2n) is 6.28. The third kappa shape index (κ3) is 3.86. The van der Waals surface area contributed by atoms with E-state index in [1.165, 1.54) is 18.5 Å². The van der Waals surface area contributed by atoms with Gasteiger partial charge < -0.3 is 4.90 Å². The Balaban J connectivity index is 2.12. The summed E-state index contributed by atoms with van der Waals surface area (Å²) in [5.41, 5.74) is 1.19. The predicted molar refractivity (Wildman–Crippen MR) is 87.5 cm³/mol. The van der Waals surface area contributed by atoms with Crippen LogP contribution in [0.4, 0.5) is 0 Å². The SMILES string of the molecule is CCCN1CCC(c2cccc(S(=O)(=O)C(C)C)c2)CC1. The Labute approximate surface area is 129 Å². The van der Waals surface area contributed by atoms with Crippen molar-refractivity contribution in [2.24, 2.45) is 0 Å². The summed E-state index contributed by atoms with van der Waals surface area (Å²) in [7, 11) is -3.17. The zero-order valence-corrected chi connectivity index (χ0v) is 14.2. The predicted octanol–water partition coefficient (Wildman–Crippen LogP) is 3.46. The number of likely N-dealkylation sites (tertiary alicyclic amines) is 1. The van der Waals surface area contributed by atoms with Gasteiger partial charge in [0.2, 0.25) is 0 Å². The van der Waals surface area contributed by atoms with Crippen molar-refractivity contribution in [1.82, 2.24) is 4.90 Å². The van der Waals surface area contributed by atoms with Gasteiger partial charge in [-0.25, -0.2) is 8.42 Å². The fraction of sp³-hybridized carbons (Fsp3) is 0.647. The first-order valence-corrected chi connectivity index (χ1v) is 9.56. The minimum absolute atomic E-state index is 0.362. The summed E-state index contributed by atoms with van der Waals surface area (Å²) in [6, 6.07) is 7.60. The molecule has 0 saturated carbocycles. The Bertz CT molecular complexity index is 558. The van der Waals surface area contributed by atoms with Crippen LogP contribution in [0.2, 0.25) is 0 Å². The molecular formula is C17H27NO2S. The summed E-state index contributed by atoms with van der Waals surface area (Å²) < 4.78 is 24.6. The van der Waals surface area contributed by atoms with Gasteiger partial charge in [-0.1, -0.05) is 19.1 Å². The average molecular weight is 309 g/mol. The summed E-state index contributed by atoms with van der Waals surface area (Å²) in [6.07, 6.45) is 3.46. The molecule has 1 aromatic carbocycles. The molecular weight excluding hydrogens is 282 g/mol. The van der Waals surface area contributed by atoms with Crippen molar-refractivity contribution < 1.29 is 8.42 Å². The fourth-order valence-corrected chi connectivity index (χ4v) is 4.14. The van der Waals surface area contributed by atoms with E-state index >= 15 is 0 Å². The quantitative estimate of drug-likeness (QED) is 0.836. The highest BCUT2D eigenvalue weighted by atomic mass is 32.2. The molecule has 1 saturated heterocycles. The van der Waals surface area contributed by atoms with Crippen LogP contribution in [0.25, 0.3) is 0 Å². The Hall–Kier alpha value is -0.870. The number of sulfone groups is 1. The van der Waals surface area contributed by atoms with Crippen molar-refractivity contribution in [3.05, 3.63) is 29.8 Å². The minimum atomic E-state index is -3.17. The second kappa shape index (κ2) is 6.93. The molecule has 3 nitrogen and oxygen atoms in total. The smallest absolute Gasteiger partial charge is 0.180 e. The van der Waals surface area contributed by atoms with E-state index in [1.807, 2.05) is 12.1 Å². The third-order valence-electron chi connectivity index (χ3n) is 4.41. The molecule has 0 aliphatic carbocycles. The summed E-state index contributed by atoms with van der Waals surface area (Å²) >= 11 is 0. The van der Waals surface area contributed by atoms with Gasteiger partial charge in [-0.05, 0) is 76.4 Å². The lowest BCUT2D eigenvalue weighted by Gasteiger charge is -2.32. The van der Waals surface area contributed by atoms with Crippen LogP contribution < -0.4 is 0 Å². The van der Waals surface area contributed by atoms with Crippen LogP contribution in [0.5, 0.6) is 0 Å². The minimum Gasteiger partial charge on any atom is -0.303 e. The molecule has 1 aliphatic rings. The molecule has 21 heavy (non-hydrogen) atoms. The van der Waals surface area contributed by atoms with Crippen molar-refractivity contribution >= 4 is 9.84 Å². The molecule has 118 valence electrons. The number of rotatable bonds is 5. The molecule has 4 heteroatoms. The van der Waals surface area contributed by atoms with Crippen molar-refractivity contribution in [1.29, 1.82) is 0 Å². The highest BCUT2D eigenvalue weighted by Crippen LogP contribution is 2.30. The second-order valence-corrected chi connectivity index (χ2v) is 8.79. The molecule has 0 atom stereocenters. The molecule has 0 unspecified atom stereocenters. The number of nitrogens with zero attached hydrogens (tertiary/aromatic N) is 1. The molecule has 0 spiro atoms. The maximum absolute atomic E-state index is 12.3. The van der Waals surface area contributed by atoms with Crippen LogP contribution in [0.1, 0.15) is 51.5 Å². The molecule has 0 radical (unpaired) electrons. The van der Waals surface area contributed by atoms with E-state index in [1.54, 1.807) is 19.9 Å². The van der Waals surface area contributed by atoms with Gasteiger partial charge in [-0.2, -0.15) is 0 Å². The largest absolute Gasteiger partial charge is 0.303 e. The standard InChI is InChI=1S/C17H27NO2S/c1-4-10-18-11-8-15(9-12-18)16-6-5-7-17(13-16)21(19,20)14(2)3/h5-7,13-15H,4,8-12H2,1-3H3. The van der Waals surface area contributed by atoms with E-state index in [9.17, 15) is 8.42 Å². The molecule has 1 heterocycles. The van der Waals surface area contributed by atoms with Crippen molar-refractivity contribution in [2.45, 2.75) is 56.1 Å². The summed E-state index contributed by atoms with van der Waals surface area (Å²) in [6.45, 7) is 9.12. The van der Waals surface area contributed by atoms with Crippen LogP contribution in [0.3, 0.4) is 0 Å². The lowest BCUT2D eigenvalue weighted by atomic mass is 9.89. The van der Waals surface area contributed by atoms with E-state index < -0.39 is 9.84 Å². The lowest BCUT2D eigenvalue weighted by Crippen LogP contribution is -2.33. The average Bonchev–Trinajstić information content (AvgIpc) is 2.48. The van der Waals surface area contributed by atoms with Crippen LogP contribution in [-0.2, 0) is 9.84 Å². The van der Waals surface area contributed by atoms with Gasteiger partial charge in [0.25, 0.3) is 0 Å². The van der Waals surface area contributed by atoms with Gasteiger partial charge in [-0.15, -0.1) is 0 Å². The normalized spacial score (nSPS) is 18.3. The molecule has 0 N–H and O–H groups in total. The topological polar surface area (TPSA) is 37.4 Å². The first-order chi connectivity index (χ1) is 9.95.